The average Bonchev–Trinajstić information content (AvgIpc) is 3.06. The molecule has 33 heavy (non-hydrogen) atoms. The van der Waals surface area contributed by atoms with Gasteiger partial charge in [-0.1, -0.05) is 17.7 Å². The maximum Gasteiger partial charge on any atom is 0.240 e. The van der Waals surface area contributed by atoms with Gasteiger partial charge in [0.15, 0.2) is 0 Å². The number of benzene rings is 1. The summed E-state index contributed by atoms with van der Waals surface area (Å²) in [7, 11) is -0.575. The highest BCUT2D eigenvalue weighted by Crippen LogP contribution is 2.36. The lowest BCUT2D eigenvalue weighted by atomic mass is 9.97. The first-order valence-electron chi connectivity index (χ1n) is 11.0. The van der Waals surface area contributed by atoms with Crippen molar-refractivity contribution in [1.29, 1.82) is 0 Å². The molecule has 0 bridgehead atoms. The van der Waals surface area contributed by atoms with Crippen molar-refractivity contribution >= 4 is 33.2 Å². The maximum atomic E-state index is 13.3. The molecule has 0 radical (unpaired) electrons. The number of hydrogen-bond donors (Lipinski definition) is 1. The molecule has 0 unspecified atom stereocenters. The number of allylic oxidation sites excluding steroid dienone is 2. The van der Waals surface area contributed by atoms with E-state index in [1.165, 1.54) is 18.5 Å². The highest BCUT2D eigenvalue weighted by Gasteiger charge is 2.34. The summed E-state index contributed by atoms with van der Waals surface area (Å²) in [5.41, 5.74) is 0.452. The Morgan fingerprint density at radius 2 is 1.82 bits per heavy atom. The number of amides is 1. The fourth-order valence-corrected chi connectivity index (χ4v) is 5.82. The van der Waals surface area contributed by atoms with E-state index in [2.05, 4.69) is 5.32 Å². The Hall–Kier alpha value is -2.23. The predicted octanol–water partition coefficient (Wildman–Crippen LogP) is 4.20. The number of nitrogens with zero attached hydrogens (tertiary/aromatic N) is 2. The van der Waals surface area contributed by atoms with Crippen LogP contribution in [-0.4, -0.2) is 56.9 Å². The van der Waals surface area contributed by atoms with Crippen LogP contribution < -0.4 is 14.8 Å². The van der Waals surface area contributed by atoms with Crippen LogP contribution in [0.2, 0.25) is 5.02 Å². The quantitative estimate of drug-likeness (QED) is 0.607. The largest absolute Gasteiger partial charge is 0.495 e. The molecule has 2 heterocycles. The number of hydrogen-bond acceptors (Lipinski definition) is 6. The first-order chi connectivity index (χ1) is 15.7. The number of piperidine rings is 1. The summed E-state index contributed by atoms with van der Waals surface area (Å²) in [4.78, 5) is 15.2. The molecule has 8 nitrogen and oxygen atoms in total. The normalized spacial score (nSPS) is 18.1. The summed E-state index contributed by atoms with van der Waals surface area (Å²) in [6.45, 7) is 4.64. The number of sulfonamides is 1. The number of rotatable bonds is 7. The van der Waals surface area contributed by atoms with E-state index in [9.17, 15) is 13.2 Å². The van der Waals surface area contributed by atoms with Gasteiger partial charge in [0.05, 0.1) is 29.8 Å². The van der Waals surface area contributed by atoms with Crippen molar-refractivity contribution in [3.05, 3.63) is 40.5 Å². The minimum atomic E-state index is -3.58. The Kier molecular flexibility index (Phi) is 8.31. The van der Waals surface area contributed by atoms with Crippen molar-refractivity contribution in [2.45, 2.75) is 45.6 Å². The van der Waals surface area contributed by atoms with Crippen molar-refractivity contribution in [3.63, 3.8) is 0 Å². The minimum absolute atomic E-state index is 0.169. The number of nitrogens with one attached hydrogen (secondary N) is 1. The first-order valence-corrected chi connectivity index (χ1v) is 12.9. The molecule has 0 atom stereocenters. The van der Waals surface area contributed by atoms with Crippen molar-refractivity contribution in [1.82, 2.24) is 9.21 Å². The van der Waals surface area contributed by atoms with Crippen LogP contribution in [0.15, 0.2) is 35.5 Å². The number of methoxy groups -OCH3 is 2. The summed E-state index contributed by atoms with van der Waals surface area (Å²) < 4.78 is 38.6. The molecule has 3 rings (SSSR count). The van der Waals surface area contributed by atoms with E-state index < -0.39 is 10.0 Å². The standard InChI is InChI=1S/C23H32ClN3O5S/c1-16(2)26-10-6-5-7-18(15-26)33(29,30)27-11-8-17(9-12-27)23(28)25-20-13-19(24)21(31-3)14-22(20)32-4/h6,10,13-17H,5,7-9,11-12H2,1-4H3,(H,25,28). The number of carbonyl (C=O) groups is 1. The molecule has 2 aliphatic heterocycles. The van der Waals surface area contributed by atoms with Crippen LogP contribution in [0.5, 0.6) is 11.5 Å². The van der Waals surface area contributed by atoms with Gasteiger partial charge in [0, 0.05) is 37.3 Å². The highest BCUT2D eigenvalue weighted by molar-refractivity contribution is 7.93. The molecule has 0 spiro atoms. The zero-order chi connectivity index (χ0) is 24.2. The number of anilines is 1. The van der Waals surface area contributed by atoms with Crippen molar-refractivity contribution < 1.29 is 22.7 Å². The van der Waals surface area contributed by atoms with Crippen LogP contribution in [-0.2, 0) is 14.8 Å². The third-order valence-electron chi connectivity index (χ3n) is 5.95. The number of carbonyl (C=O) groups excluding carboxylic acids is 1. The fraction of sp³-hybridized carbons (Fsp3) is 0.522. The van der Waals surface area contributed by atoms with Gasteiger partial charge in [0.2, 0.25) is 15.9 Å². The Morgan fingerprint density at radius 3 is 2.42 bits per heavy atom. The van der Waals surface area contributed by atoms with E-state index in [1.54, 1.807) is 18.3 Å². The van der Waals surface area contributed by atoms with Gasteiger partial charge in [0.1, 0.15) is 11.5 Å². The Labute approximate surface area is 201 Å². The zero-order valence-electron chi connectivity index (χ0n) is 19.5. The van der Waals surface area contributed by atoms with E-state index >= 15 is 0 Å². The topological polar surface area (TPSA) is 88.2 Å². The molecule has 0 aromatic heterocycles. The SMILES string of the molecule is COc1cc(OC)c(NC(=O)C2CCN(S(=O)(=O)C3=CN(C(C)C)C=CCC3)CC2)cc1Cl. The molecule has 1 saturated heterocycles. The molecule has 10 heteroatoms. The molecular weight excluding hydrogens is 466 g/mol. The Morgan fingerprint density at radius 1 is 1.15 bits per heavy atom. The number of ether oxygens (including phenoxy) is 2. The van der Waals surface area contributed by atoms with Crippen molar-refractivity contribution in [3.8, 4) is 11.5 Å². The lowest BCUT2D eigenvalue weighted by molar-refractivity contribution is -0.120. The molecule has 182 valence electrons. The smallest absolute Gasteiger partial charge is 0.240 e. The maximum absolute atomic E-state index is 13.3. The Balaban J connectivity index is 1.66. The molecule has 1 fully saturated rings. The predicted molar refractivity (Wildman–Crippen MR) is 130 cm³/mol. The van der Waals surface area contributed by atoms with E-state index in [0.29, 0.717) is 65.9 Å². The summed E-state index contributed by atoms with van der Waals surface area (Å²) in [5, 5.41) is 3.23. The summed E-state index contributed by atoms with van der Waals surface area (Å²) in [6.07, 6.45) is 7.70. The molecule has 1 amide bonds. The summed E-state index contributed by atoms with van der Waals surface area (Å²) >= 11 is 6.19. The van der Waals surface area contributed by atoms with Gasteiger partial charge in [-0.25, -0.2) is 8.42 Å². The van der Waals surface area contributed by atoms with Gasteiger partial charge in [-0.3, -0.25) is 4.79 Å². The summed E-state index contributed by atoms with van der Waals surface area (Å²) in [6, 6.07) is 3.37. The van der Waals surface area contributed by atoms with Crippen LogP contribution in [0.3, 0.4) is 0 Å². The third-order valence-corrected chi connectivity index (χ3v) is 8.26. The highest BCUT2D eigenvalue weighted by atomic mass is 35.5. The second-order valence-corrected chi connectivity index (χ2v) is 10.8. The van der Waals surface area contributed by atoms with Crippen LogP contribution in [0, 0.1) is 5.92 Å². The van der Waals surface area contributed by atoms with E-state index in [-0.39, 0.29) is 17.9 Å². The van der Waals surface area contributed by atoms with Crippen LogP contribution >= 0.6 is 11.6 Å². The Bertz CT molecular complexity index is 1030. The van der Waals surface area contributed by atoms with Crippen LogP contribution in [0.4, 0.5) is 5.69 Å². The van der Waals surface area contributed by atoms with Gasteiger partial charge in [-0.15, -0.1) is 0 Å². The van der Waals surface area contributed by atoms with Gasteiger partial charge in [0.25, 0.3) is 0 Å². The first kappa shape index (κ1) is 25.4. The monoisotopic (exact) mass is 497 g/mol. The van der Waals surface area contributed by atoms with Crippen LogP contribution in [0.25, 0.3) is 0 Å². The average molecular weight is 498 g/mol. The third kappa shape index (κ3) is 5.83. The van der Waals surface area contributed by atoms with E-state index in [4.69, 9.17) is 21.1 Å². The minimum Gasteiger partial charge on any atom is -0.495 e. The number of halogens is 1. The second-order valence-electron chi connectivity index (χ2n) is 8.41. The molecule has 2 aliphatic rings. The molecule has 1 aromatic rings. The van der Waals surface area contributed by atoms with Crippen LogP contribution in [0.1, 0.15) is 39.5 Å². The van der Waals surface area contributed by atoms with E-state index in [1.807, 2.05) is 31.0 Å². The van der Waals surface area contributed by atoms with Crippen molar-refractivity contribution in [2.75, 3.05) is 32.6 Å². The van der Waals surface area contributed by atoms with Gasteiger partial charge < -0.3 is 19.7 Å². The molecular formula is C23H32ClN3O5S. The van der Waals surface area contributed by atoms with Gasteiger partial charge >= 0.3 is 0 Å². The zero-order valence-corrected chi connectivity index (χ0v) is 21.1. The van der Waals surface area contributed by atoms with Crippen molar-refractivity contribution in [2.24, 2.45) is 5.92 Å². The molecule has 0 saturated carbocycles. The summed E-state index contributed by atoms with van der Waals surface area (Å²) in [5.74, 6) is 0.395. The molecule has 1 N–H and O–H groups in total. The van der Waals surface area contributed by atoms with E-state index in [0.717, 1.165) is 0 Å². The van der Waals surface area contributed by atoms with Gasteiger partial charge in [-0.2, -0.15) is 4.31 Å². The lowest BCUT2D eigenvalue weighted by Crippen LogP contribution is -2.42. The fourth-order valence-electron chi connectivity index (χ4n) is 3.93. The molecule has 1 aromatic carbocycles. The van der Waals surface area contributed by atoms with Gasteiger partial charge in [-0.05, 0) is 51.8 Å². The molecule has 0 aliphatic carbocycles. The lowest BCUT2D eigenvalue weighted by Gasteiger charge is -2.31. The second kappa shape index (κ2) is 10.8.